The molecule has 0 bridgehead atoms. The predicted molar refractivity (Wildman–Crippen MR) is 59.2 cm³/mol. The van der Waals surface area contributed by atoms with Crippen molar-refractivity contribution in [3.63, 3.8) is 0 Å². The maximum absolute atomic E-state index is 5.60. The maximum atomic E-state index is 5.60. The third-order valence-corrected chi connectivity index (χ3v) is 2.65. The quantitative estimate of drug-likeness (QED) is 0.897. The smallest absolute Gasteiger partial charge is 0.265 e. The van der Waals surface area contributed by atoms with Gasteiger partial charge in [0, 0.05) is 15.9 Å². The highest BCUT2D eigenvalue weighted by Crippen LogP contribution is 2.23. The van der Waals surface area contributed by atoms with E-state index in [-0.39, 0.29) is 0 Å². The molecule has 1 atom stereocenters. The molecule has 74 valence electrons. The van der Waals surface area contributed by atoms with E-state index in [1.165, 1.54) is 5.56 Å². The summed E-state index contributed by atoms with van der Waals surface area (Å²) in [6.07, 6.45) is 0. The highest BCUT2D eigenvalue weighted by molar-refractivity contribution is 9.10. The maximum Gasteiger partial charge on any atom is 0.265 e. The van der Waals surface area contributed by atoms with Crippen LogP contribution in [0.3, 0.4) is 0 Å². The van der Waals surface area contributed by atoms with Gasteiger partial charge in [0.25, 0.3) is 4.80 Å². The van der Waals surface area contributed by atoms with Crippen LogP contribution in [0.15, 0.2) is 27.4 Å². The number of nitrogens with zero attached hydrogens (tertiary/aromatic N) is 1. The van der Waals surface area contributed by atoms with Crippen molar-refractivity contribution < 1.29 is 4.42 Å². The van der Waals surface area contributed by atoms with Crippen molar-refractivity contribution in [2.45, 2.75) is 12.8 Å². The summed E-state index contributed by atoms with van der Waals surface area (Å²) in [7, 11) is 0. The van der Waals surface area contributed by atoms with E-state index in [2.05, 4.69) is 27.8 Å². The van der Waals surface area contributed by atoms with Crippen molar-refractivity contribution in [2.24, 2.45) is 5.73 Å². The lowest BCUT2D eigenvalue weighted by Crippen LogP contribution is -2.08. The number of benzene rings is 1. The van der Waals surface area contributed by atoms with Crippen molar-refractivity contribution in [2.75, 3.05) is 6.54 Å². The Hall–Kier alpha value is -0.870. The molecular formula is C10H11BrN2O. The number of oxazole rings is 1. The molecule has 0 amide bonds. The van der Waals surface area contributed by atoms with Crippen LogP contribution in [-0.4, -0.2) is 11.5 Å². The van der Waals surface area contributed by atoms with E-state index in [4.69, 9.17) is 10.2 Å². The van der Waals surface area contributed by atoms with Gasteiger partial charge in [0.15, 0.2) is 5.58 Å². The van der Waals surface area contributed by atoms with Gasteiger partial charge in [-0.05, 0) is 30.2 Å². The molecule has 2 aromatic rings. The minimum absolute atomic E-state index is 0.350. The number of hydrogen-bond donors (Lipinski definition) is 1. The molecule has 0 saturated heterocycles. The normalized spacial score (nSPS) is 13.4. The van der Waals surface area contributed by atoms with Crippen LogP contribution in [0, 0.1) is 0 Å². The number of halogens is 1. The summed E-state index contributed by atoms with van der Waals surface area (Å²) in [5.41, 5.74) is 8.45. The molecule has 2 N–H and O–H groups in total. The number of nitrogens with two attached hydrogens (primary N) is 1. The molecule has 4 heteroatoms. The molecule has 14 heavy (non-hydrogen) atoms. The van der Waals surface area contributed by atoms with Gasteiger partial charge in [0.2, 0.25) is 0 Å². The average molecular weight is 255 g/mol. The highest BCUT2D eigenvalue weighted by Gasteiger charge is 2.07. The Bertz CT molecular complexity index is 452. The first kappa shape index (κ1) is 9.68. The largest absolute Gasteiger partial charge is 0.431 e. The van der Waals surface area contributed by atoms with Gasteiger partial charge in [0.1, 0.15) is 5.52 Å². The van der Waals surface area contributed by atoms with Gasteiger partial charge in [-0.2, -0.15) is 0 Å². The van der Waals surface area contributed by atoms with Crippen LogP contribution in [-0.2, 0) is 0 Å². The van der Waals surface area contributed by atoms with Gasteiger partial charge in [-0.15, -0.1) is 0 Å². The molecule has 0 fully saturated rings. The minimum Gasteiger partial charge on any atom is -0.431 e. The van der Waals surface area contributed by atoms with Crippen molar-refractivity contribution >= 4 is 27.0 Å². The number of hydrogen-bond acceptors (Lipinski definition) is 3. The Morgan fingerprint density at radius 1 is 1.57 bits per heavy atom. The first-order valence-electron chi connectivity index (χ1n) is 4.46. The topological polar surface area (TPSA) is 52.0 Å². The molecule has 0 aliphatic carbocycles. The zero-order chi connectivity index (χ0) is 10.1. The second-order valence-electron chi connectivity index (χ2n) is 3.33. The van der Waals surface area contributed by atoms with Crippen molar-refractivity contribution in [1.29, 1.82) is 0 Å². The van der Waals surface area contributed by atoms with Gasteiger partial charge in [-0.1, -0.05) is 13.0 Å². The van der Waals surface area contributed by atoms with Gasteiger partial charge in [0.05, 0.1) is 0 Å². The third-order valence-electron chi connectivity index (χ3n) is 2.31. The zero-order valence-electron chi connectivity index (χ0n) is 7.83. The van der Waals surface area contributed by atoms with Crippen molar-refractivity contribution in [3.8, 4) is 0 Å². The summed E-state index contributed by atoms with van der Waals surface area (Å²) in [6, 6.07) is 5.98. The molecule has 0 saturated carbocycles. The summed E-state index contributed by atoms with van der Waals surface area (Å²) in [5, 5.41) is 0. The molecule has 3 nitrogen and oxygen atoms in total. The molecular weight excluding hydrogens is 244 g/mol. The van der Waals surface area contributed by atoms with E-state index in [0.717, 1.165) is 11.1 Å². The van der Waals surface area contributed by atoms with Gasteiger partial charge >= 0.3 is 0 Å². The molecule has 1 heterocycles. The van der Waals surface area contributed by atoms with E-state index < -0.39 is 0 Å². The van der Waals surface area contributed by atoms with Gasteiger partial charge in [-0.3, -0.25) is 0 Å². The molecule has 0 radical (unpaired) electrons. The first-order chi connectivity index (χ1) is 6.70. The molecule has 2 rings (SSSR count). The Labute approximate surface area is 90.4 Å². The van der Waals surface area contributed by atoms with Crippen LogP contribution < -0.4 is 5.73 Å². The van der Waals surface area contributed by atoms with E-state index in [0.29, 0.717) is 17.3 Å². The summed E-state index contributed by atoms with van der Waals surface area (Å²) in [5.74, 6) is 0.350. The van der Waals surface area contributed by atoms with E-state index >= 15 is 0 Å². The number of aromatic nitrogens is 1. The summed E-state index contributed by atoms with van der Waals surface area (Å²) >= 11 is 3.20. The molecule has 1 aromatic heterocycles. The fourth-order valence-corrected chi connectivity index (χ4v) is 1.72. The lowest BCUT2D eigenvalue weighted by Gasteiger charge is -2.07. The lowest BCUT2D eigenvalue weighted by molar-refractivity contribution is 0.569. The third kappa shape index (κ3) is 1.67. The number of fused-ring (bicyclic) bond motifs is 1. The van der Waals surface area contributed by atoms with Crippen LogP contribution in [0.1, 0.15) is 18.4 Å². The Kier molecular flexibility index (Phi) is 2.56. The summed E-state index contributed by atoms with van der Waals surface area (Å²) < 4.78 is 5.37. The average Bonchev–Trinajstić information content (AvgIpc) is 2.55. The fourth-order valence-electron chi connectivity index (χ4n) is 1.36. The van der Waals surface area contributed by atoms with Crippen molar-refractivity contribution in [3.05, 3.63) is 28.6 Å². The fraction of sp³-hybridized carbons (Fsp3) is 0.300. The van der Waals surface area contributed by atoms with Gasteiger partial charge < -0.3 is 10.2 Å². The van der Waals surface area contributed by atoms with Crippen LogP contribution in [0.4, 0.5) is 0 Å². The van der Waals surface area contributed by atoms with Crippen LogP contribution in [0.5, 0.6) is 0 Å². The molecule has 0 aliphatic rings. The lowest BCUT2D eigenvalue weighted by atomic mass is 10.0. The van der Waals surface area contributed by atoms with E-state index in [1.807, 2.05) is 18.2 Å². The highest BCUT2D eigenvalue weighted by atomic mass is 79.9. The standard InChI is InChI=1S/C10H11BrN2O/c1-6(5-12)7-2-3-8-9(4-7)14-10(11)13-8/h2-4,6H,5,12H2,1H3. The molecule has 0 spiro atoms. The monoisotopic (exact) mass is 254 g/mol. The van der Waals surface area contributed by atoms with E-state index in [1.54, 1.807) is 0 Å². The summed E-state index contributed by atoms with van der Waals surface area (Å²) in [6.45, 7) is 2.73. The molecule has 0 aliphatic heterocycles. The van der Waals surface area contributed by atoms with Crippen LogP contribution in [0.25, 0.3) is 11.1 Å². The Morgan fingerprint density at radius 2 is 2.36 bits per heavy atom. The second kappa shape index (κ2) is 3.71. The Balaban J connectivity index is 2.50. The predicted octanol–water partition coefficient (Wildman–Crippen LogP) is 2.65. The van der Waals surface area contributed by atoms with E-state index in [9.17, 15) is 0 Å². The molecule has 1 aromatic carbocycles. The van der Waals surface area contributed by atoms with Gasteiger partial charge in [-0.25, -0.2) is 4.98 Å². The minimum atomic E-state index is 0.350. The SMILES string of the molecule is CC(CN)c1ccc2nc(Br)oc2c1. The Morgan fingerprint density at radius 3 is 3.07 bits per heavy atom. The van der Waals surface area contributed by atoms with Crippen molar-refractivity contribution in [1.82, 2.24) is 4.98 Å². The van der Waals surface area contributed by atoms with Crippen LogP contribution >= 0.6 is 15.9 Å². The second-order valence-corrected chi connectivity index (χ2v) is 4.01. The first-order valence-corrected chi connectivity index (χ1v) is 5.26. The molecule has 1 unspecified atom stereocenters. The number of rotatable bonds is 2. The summed E-state index contributed by atoms with van der Waals surface area (Å²) in [4.78, 5) is 4.68. The zero-order valence-corrected chi connectivity index (χ0v) is 9.41. The van der Waals surface area contributed by atoms with Crippen LogP contribution in [0.2, 0.25) is 0 Å².